The van der Waals surface area contributed by atoms with Gasteiger partial charge in [0, 0.05) is 28.7 Å². The molecule has 0 fully saturated rings. The molecule has 0 saturated heterocycles. The van der Waals surface area contributed by atoms with Crippen molar-refractivity contribution in [2.24, 2.45) is 0 Å². The van der Waals surface area contributed by atoms with Gasteiger partial charge >= 0.3 is 0 Å². The monoisotopic (exact) mass is 512 g/mol. The van der Waals surface area contributed by atoms with Gasteiger partial charge in [0.15, 0.2) is 0 Å². The fourth-order valence-corrected chi connectivity index (χ4v) is 1.06. The second kappa shape index (κ2) is 42.1. The van der Waals surface area contributed by atoms with Gasteiger partial charge < -0.3 is 29.3 Å². The Hall–Kier alpha value is -6.14. The van der Waals surface area contributed by atoms with E-state index in [4.69, 9.17) is 19.7 Å². The molecule has 2 N–H and O–H groups in total. The minimum atomic E-state index is -0.125. The molecule has 0 aliphatic rings. The van der Waals surface area contributed by atoms with E-state index >= 15 is 0 Å². The van der Waals surface area contributed by atoms with Crippen LogP contribution in [0.3, 0.4) is 0 Å². The Morgan fingerprint density at radius 2 is 0.641 bits per heavy atom. The van der Waals surface area contributed by atoms with E-state index in [2.05, 4.69) is 145 Å². The molecule has 0 rings (SSSR count). The number of hydrogen-bond acceptors (Lipinski definition) is 6. The first-order chi connectivity index (χ1) is 19.2. The van der Waals surface area contributed by atoms with Crippen molar-refractivity contribution in [1.82, 2.24) is 0 Å². The van der Waals surface area contributed by atoms with E-state index in [1.807, 2.05) is 0 Å². The van der Waals surface area contributed by atoms with Crippen molar-refractivity contribution < 1.29 is 29.3 Å². The molecular formula is C33H20O6. The maximum Gasteiger partial charge on any atom is 0.145 e. The topological polar surface area (TPSA) is 93.1 Å². The highest BCUT2D eigenvalue weighted by Crippen LogP contribution is 1.74. The summed E-state index contributed by atoms with van der Waals surface area (Å²) in [5, 5.41) is 15.2. The van der Waals surface area contributed by atoms with Crippen LogP contribution in [0, 0.1) is 0 Å². The van der Waals surface area contributed by atoms with Crippen molar-refractivity contribution >= 4 is 12.6 Å². The molecule has 6 nitrogen and oxygen atoms in total. The van der Waals surface area contributed by atoms with Crippen LogP contribution >= 0.6 is 0 Å². The summed E-state index contributed by atoms with van der Waals surface area (Å²) < 4.78 is 9.44. The number of carbonyl (C=O) groups is 2. The number of carbonyl (C=O) groups excluding carboxylic acids is 2. The molecule has 0 aliphatic carbocycles. The van der Waals surface area contributed by atoms with Crippen LogP contribution in [-0.4, -0.2) is 62.4 Å². The smallest absolute Gasteiger partial charge is 0.145 e. The minimum absolute atomic E-state index is 0.0877. The average molecular weight is 513 g/mol. The Labute approximate surface area is 226 Å². The summed E-state index contributed by atoms with van der Waals surface area (Å²) in [6.07, 6.45) is 1.33. The molecule has 188 valence electrons. The zero-order valence-electron chi connectivity index (χ0n) is 20.8. The number of ether oxygens (including phenoxy) is 2. The average Bonchev–Trinajstić information content (AvgIpc) is 2.96. The fourth-order valence-electron chi connectivity index (χ4n) is 1.06. The number of hydrogen-bond donors (Lipinski definition) is 2. The second-order valence-electron chi connectivity index (χ2n) is 4.91. The van der Waals surface area contributed by atoms with Gasteiger partial charge in [0.25, 0.3) is 0 Å². The molecule has 6 heteroatoms. The molecule has 0 spiro atoms. The molecule has 0 heterocycles. The lowest BCUT2D eigenvalue weighted by Crippen LogP contribution is -2.06. The summed E-state index contributed by atoms with van der Waals surface area (Å²) in [6, 6.07) is 0. The van der Waals surface area contributed by atoms with Gasteiger partial charge in [-0.15, -0.1) is 0 Å². The van der Waals surface area contributed by atoms with Gasteiger partial charge in [0.05, 0.1) is 26.4 Å². The van der Waals surface area contributed by atoms with E-state index in [0.717, 1.165) is 0 Å². The number of aliphatic hydroxyl groups is 2. The second-order valence-corrected chi connectivity index (χ2v) is 4.91. The lowest BCUT2D eigenvalue weighted by molar-refractivity contribution is -0.115. The molecule has 0 aromatic rings. The van der Waals surface area contributed by atoms with Gasteiger partial charge in [0.2, 0.25) is 0 Å². The number of aldehydes is 2. The molecule has 39 heavy (non-hydrogen) atoms. The van der Waals surface area contributed by atoms with Crippen molar-refractivity contribution in [3.05, 3.63) is 145 Å². The highest BCUT2D eigenvalue weighted by Gasteiger charge is 1.86. The highest BCUT2D eigenvalue weighted by atomic mass is 16.5. The minimum Gasteiger partial charge on any atom is -0.394 e. The predicted molar refractivity (Wildman–Crippen MR) is 140 cm³/mol. The van der Waals surface area contributed by atoms with Gasteiger partial charge in [0.1, 0.15) is 25.8 Å². The Kier molecular flexibility index (Phi) is 40.3. The third-order valence-electron chi connectivity index (χ3n) is 2.27. The van der Waals surface area contributed by atoms with Crippen molar-refractivity contribution in [2.45, 2.75) is 0 Å². The van der Waals surface area contributed by atoms with E-state index < -0.39 is 0 Å². The predicted octanol–water partition coefficient (Wildman–Crippen LogP) is 2.76. The molecule has 0 saturated carbocycles. The first kappa shape index (κ1) is 37.4. The molecule has 0 unspecified atom stereocenters. The molecule has 0 atom stereocenters. The van der Waals surface area contributed by atoms with Crippen LogP contribution in [0.15, 0.2) is 145 Å². The van der Waals surface area contributed by atoms with E-state index in [-0.39, 0.29) is 26.4 Å². The molecule has 0 radical (unpaired) electrons. The van der Waals surface area contributed by atoms with Crippen molar-refractivity contribution in [3.63, 3.8) is 0 Å². The Morgan fingerprint density at radius 3 is 0.795 bits per heavy atom. The quantitative estimate of drug-likeness (QED) is 0.295. The maximum absolute atomic E-state index is 9.67. The summed E-state index contributed by atoms with van der Waals surface area (Å²) in [5.41, 5.74) is 56.9. The number of aliphatic hydroxyl groups excluding tert-OH is 2. The highest BCUT2D eigenvalue weighted by molar-refractivity contribution is 5.50. The lowest BCUT2D eigenvalue weighted by Gasteiger charge is -1.98. The van der Waals surface area contributed by atoms with Crippen LogP contribution in [0.1, 0.15) is 0 Å². The first-order valence-corrected chi connectivity index (χ1v) is 10.3. The van der Waals surface area contributed by atoms with Crippen LogP contribution in [0.4, 0.5) is 0 Å². The van der Waals surface area contributed by atoms with Crippen molar-refractivity contribution in [1.29, 1.82) is 0 Å². The van der Waals surface area contributed by atoms with Crippen LogP contribution in [0.5, 0.6) is 0 Å². The lowest BCUT2D eigenvalue weighted by atomic mass is 10.6. The van der Waals surface area contributed by atoms with E-state index in [0.29, 0.717) is 25.8 Å². The van der Waals surface area contributed by atoms with Crippen LogP contribution in [0.2, 0.25) is 0 Å². The van der Waals surface area contributed by atoms with Gasteiger partial charge in [-0.2, -0.15) is 0 Å². The molecular weight excluding hydrogens is 492 g/mol. The third kappa shape index (κ3) is 49.9. The largest absolute Gasteiger partial charge is 0.394 e. The molecule has 0 aliphatic heterocycles. The fraction of sp³-hybridized carbons (Fsp3) is 0.182. The summed E-state index contributed by atoms with van der Waals surface area (Å²) >= 11 is 0. The Bertz CT molecular complexity index is 1540. The van der Waals surface area contributed by atoms with Crippen LogP contribution in [-0.2, 0) is 19.1 Å². The van der Waals surface area contributed by atoms with Crippen LogP contribution < -0.4 is 0 Å². The van der Waals surface area contributed by atoms with Gasteiger partial charge in [-0.3, -0.25) is 0 Å². The molecule has 0 bridgehead atoms. The van der Waals surface area contributed by atoms with E-state index in [9.17, 15) is 9.59 Å². The Morgan fingerprint density at radius 1 is 0.436 bits per heavy atom. The SMILES string of the molecule is C=C=C=C=C=C=C=C=C=C=C=C=C=C=C=C=C=C=C=C=C=C=C=C=C.O=CCOCCOCC=O.OCCO. The maximum atomic E-state index is 9.67. The van der Waals surface area contributed by atoms with E-state index in [1.54, 1.807) is 0 Å². The summed E-state index contributed by atoms with van der Waals surface area (Å²) in [4.78, 5) is 19.3. The van der Waals surface area contributed by atoms with Crippen LogP contribution in [0.25, 0.3) is 0 Å². The first-order valence-electron chi connectivity index (χ1n) is 10.3. The van der Waals surface area contributed by atoms with Crippen molar-refractivity contribution in [2.75, 3.05) is 39.6 Å². The molecule has 0 aromatic carbocycles. The van der Waals surface area contributed by atoms with Crippen molar-refractivity contribution in [3.8, 4) is 0 Å². The standard InChI is InChI=1S/C25H4.C6H10O4.C2H6O2/c1-3-5-7-9-11-13-15-17-19-21-23-25-24-22-20-18-16-14-12-10-8-6-4-2;7-1-3-9-5-6-10-4-2-8;3-1-2-4/h1-2H2;1-2H,3-6H2;3-4H,1-2H2. The molecule has 0 aromatic heterocycles. The zero-order chi connectivity index (χ0) is 29.3. The van der Waals surface area contributed by atoms with Gasteiger partial charge in [-0.25, -0.2) is 0 Å². The normalized spacial score (nSPS) is 5.59. The molecule has 0 amide bonds. The summed E-state index contributed by atoms with van der Waals surface area (Å²) in [6.45, 7) is 7.24. The van der Waals surface area contributed by atoms with Gasteiger partial charge in [-0.05, 0) is 105 Å². The van der Waals surface area contributed by atoms with Gasteiger partial charge in [-0.1, -0.05) is 11.5 Å². The summed E-state index contributed by atoms with van der Waals surface area (Å²) in [7, 11) is 0. The number of rotatable bonds is 8. The van der Waals surface area contributed by atoms with E-state index in [1.165, 1.54) is 0 Å². The Balaban J connectivity index is -0.000000760. The zero-order valence-corrected chi connectivity index (χ0v) is 20.8. The third-order valence-corrected chi connectivity index (χ3v) is 2.27. The summed E-state index contributed by atoms with van der Waals surface area (Å²) in [5.74, 6) is 0.